The Morgan fingerprint density at radius 2 is 1.29 bits per heavy atom. The quantitative estimate of drug-likeness (QED) is 0.296. The number of aromatic nitrogens is 5. The summed E-state index contributed by atoms with van der Waals surface area (Å²) < 4.78 is 2.14. The van der Waals surface area contributed by atoms with E-state index in [0.717, 1.165) is 61.3 Å². The van der Waals surface area contributed by atoms with Gasteiger partial charge in [0.1, 0.15) is 11.5 Å². The molecule has 7 aromatic rings. The zero-order valence-electron chi connectivity index (χ0n) is 18.7. The predicted molar refractivity (Wildman–Crippen MR) is 140 cm³/mol. The van der Waals surface area contributed by atoms with Crippen LogP contribution in [0.15, 0.2) is 116 Å². The lowest BCUT2D eigenvalue weighted by molar-refractivity contribution is 1.06. The first-order valence-electron chi connectivity index (χ1n) is 11.5. The topological polar surface area (TPSA) is 56.5 Å². The van der Waals surface area contributed by atoms with Crippen molar-refractivity contribution in [2.75, 3.05) is 0 Å². The van der Waals surface area contributed by atoms with Gasteiger partial charge in [-0.2, -0.15) is 0 Å². The van der Waals surface area contributed by atoms with E-state index in [4.69, 9.17) is 9.97 Å². The number of fused-ring (bicyclic) bond motifs is 4. The lowest BCUT2D eigenvalue weighted by Crippen LogP contribution is -2.00. The van der Waals surface area contributed by atoms with E-state index >= 15 is 0 Å². The molecule has 35 heavy (non-hydrogen) atoms. The van der Waals surface area contributed by atoms with Crippen molar-refractivity contribution in [2.45, 2.75) is 0 Å². The van der Waals surface area contributed by atoms with Gasteiger partial charge in [-0.15, -0.1) is 0 Å². The van der Waals surface area contributed by atoms with Gasteiger partial charge in [-0.25, -0.2) is 9.97 Å². The third-order valence-electron chi connectivity index (χ3n) is 6.30. The first kappa shape index (κ1) is 19.6. The summed E-state index contributed by atoms with van der Waals surface area (Å²) in [6, 6.07) is 34.7. The Kier molecular flexibility index (Phi) is 4.39. The second kappa shape index (κ2) is 7.85. The van der Waals surface area contributed by atoms with Gasteiger partial charge in [-0.3, -0.25) is 14.5 Å². The van der Waals surface area contributed by atoms with E-state index in [1.54, 1.807) is 6.20 Å². The van der Waals surface area contributed by atoms with Crippen molar-refractivity contribution >= 4 is 32.8 Å². The zero-order valence-corrected chi connectivity index (χ0v) is 18.7. The van der Waals surface area contributed by atoms with Crippen LogP contribution in [0, 0.1) is 0 Å². The van der Waals surface area contributed by atoms with Crippen LogP contribution in [-0.2, 0) is 0 Å². The Hall–Kier alpha value is -4.90. The average molecular weight is 450 g/mol. The van der Waals surface area contributed by atoms with Crippen LogP contribution < -0.4 is 0 Å². The summed E-state index contributed by atoms with van der Waals surface area (Å²) in [4.78, 5) is 19.3. The number of rotatable bonds is 3. The molecule has 0 N–H and O–H groups in total. The van der Waals surface area contributed by atoms with E-state index in [1.807, 2.05) is 60.8 Å². The van der Waals surface area contributed by atoms with Gasteiger partial charge in [0.2, 0.25) is 0 Å². The first-order valence-corrected chi connectivity index (χ1v) is 11.5. The largest absolute Gasteiger partial charge is 0.278 e. The summed E-state index contributed by atoms with van der Waals surface area (Å²) in [5, 5.41) is 3.32. The fourth-order valence-corrected chi connectivity index (χ4v) is 4.73. The summed E-state index contributed by atoms with van der Waals surface area (Å²) >= 11 is 0. The predicted octanol–water partition coefficient (Wildman–Crippen LogP) is 6.85. The Morgan fingerprint density at radius 3 is 2.11 bits per heavy atom. The van der Waals surface area contributed by atoms with Crippen molar-refractivity contribution < 1.29 is 0 Å². The molecular weight excluding hydrogens is 430 g/mol. The fourth-order valence-electron chi connectivity index (χ4n) is 4.73. The molecule has 0 spiro atoms. The monoisotopic (exact) mass is 449 g/mol. The maximum Gasteiger partial charge on any atom is 0.147 e. The Morgan fingerprint density at radius 1 is 0.543 bits per heavy atom. The van der Waals surface area contributed by atoms with Gasteiger partial charge in [-0.05, 0) is 48.5 Å². The summed E-state index contributed by atoms with van der Waals surface area (Å²) in [5.74, 6) is 0.807. The van der Waals surface area contributed by atoms with Crippen molar-refractivity contribution in [2.24, 2.45) is 0 Å². The standard InChI is InChI=1S/C30H19N5/c1-2-15-27-21(10-1)23-19-20-9-7-11-22(24-12-3-5-17-31-24)29(20)34-30(23)35(27)28-16-8-14-26(33-28)25-13-4-6-18-32-25/h1-19H. The second-order valence-electron chi connectivity index (χ2n) is 8.40. The fraction of sp³-hybridized carbons (Fsp3) is 0. The molecule has 164 valence electrons. The van der Waals surface area contributed by atoms with Crippen LogP contribution >= 0.6 is 0 Å². The summed E-state index contributed by atoms with van der Waals surface area (Å²) in [6.07, 6.45) is 3.60. The SMILES string of the molecule is c1ccc(-c2cccc(-n3c4ccccc4c4cc5cccc(-c6ccccn6)c5nc43)n2)nc1. The van der Waals surface area contributed by atoms with E-state index in [2.05, 4.69) is 63.1 Å². The van der Waals surface area contributed by atoms with E-state index in [0.29, 0.717) is 0 Å². The third kappa shape index (κ3) is 3.17. The van der Waals surface area contributed by atoms with Gasteiger partial charge in [0, 0.05) is 34.1 Å². The molecule has 0 fully saturated rings. The molecule has 7 rings (SSSR count). The van der Waals surface area contributed by atoms with Crippen LogP contribution in [0.25, 0.3) is 61.3 Å². The average Bonchev–Trinajstić information content (AvgIpc) is 3.26. The summed E-state index contributed by atoms with van der Waals surface area (Å²) in [5.41, 5.74) is 6.43. The molecule has 2 aromatic carbocycles. The Bertz CT molecular complexity index is 1840. The minimum Gasteiger partial charge on any atom is -0.278 e. The molecule has 0 aliphatic heterocycles. The van der Waals surface area contributed by atoms with Gasteiger partial charge in [0.05, 0.1) is 28.1 Å². The van der Waals surface area contributed by atoms with Gasteiger partial charge < -0.3 is 0 Å². The smallest absolute Gasteiger partial charge is 0.147 e. The highest BCUT2D eigenvalue weighted by atomic mass is 15.1. The molecule has 0 aliphatic carbocycles. The van der Waals surface area contributed by atoms with Crippen LogP contribution in [0.2, 0.25) is 0 Å². The van der Waals surface area contributed by atoms with E-state index in [-0.39, 0.29) is 0 Å². The Labute approximate surface area is 201 Å². The number of benzene rings is 2. The first-order chi connectivity index (χ1) is 17.4. The third-order valence-corrected chi connectivity index (χ3v) is 6.30. The van der Waals surface area contributed by atoms with Crippen molar-refractivity contribution in [3.8, 4) is 28.5 Å². The second-order valence-corrected chi connectivity index (χ2v) is 8.40. The van der Waals surface area contributed by atoms with Crippen LogP contribution in [0.5, 0.6) is 0 Å². The highest BCUT2D eigenvalue weighted by Gasteiger charge is 2.17. The maximum atomic E-state index is 5.24. The van der Waals surface area contributed by atoms with Crippen molar-refractivity contribution in [3.63, 3.8) is 0 Å². The molecule has 0 saturated heterocycles. The lowest BCUT2D eigenvalue weighted by Gasteiger charge is -2.10. The summed E-state index contributed by atoms with van der Waals surface area (Å²) in [7, 11) is 0. The van der Waals surface area contributed by atoms with Crippen molar-refractivity contribution in [1.29, 1.82) is 0 Å². The minimum absolute atomic E-state index is 0.807. The highest BCUT2D eigenvalue weighted by Crippen LogP contribution is 2.35. The number of para-hydroxylation sites is 2. The number of hydrogen-bond donors (Lipinski definition) is 0. The van der Waals surface area contributed by atoms with Gasteiger partial charge in [0.25, 0.3) is 0 Å². The van der Waals surface area contributed by atoms with Crippen LogP contribution in [0.3, 0.4) is 0 Å². The molecule has 5 nitrogen and oxygen atoms in total. The molecule has 0 saturated carbocycles. The van der Waals surface area contributed by atoms with Crippen molar-refractivity contribution in [3.05, 3.63) is 116 Å². The summed E-state index contributed by atoms with van der Waals surface area (Å²) in [6.45, 7) is 0. The van der Waals surface area contributed by atoms with Crippen molar-refractivity contribution in [1.82, 2.24) is 24.5 Å². The molecule has 0 aliphatic rings. The molecule has 0 atom stereocenters. The normalized spacial score (nSPS) is 11.4. The number of nitrogens with zero attached hydrogens (tertiary/aromatic N) is 5. The number of hydrogen-bond acceptors (Lipinski definition) is 4. The minimum atomic E-state index is 0.807. The molecular formula is C30H19N5. The molecule has 0 radical (unpaired) electrons. The molecule has 5 aromatic heterocycles. The van der Waals surface area contributed by atoms with Gasteiger partial charge in [0.15, 0.2) is 0 Å². The highest BCUT2D eigenvalue weighted by molar-refractivity contribution is 6.12. The number of pyridine rings is 4. The van der Waals surface area contributed by atoms with E-state index in [9.17, 15) is 0 Å². The molecule has 5 heterocycles. The van der Waals surface area contributed by atoms with E-state index < -0.39 is 0 Å². The lowest BCUT2D eigenvalue weighted by atomic mass is 10.0. The van der Waals surface area contributed by atoms with Crippen LogP contribution in [-0.4, -0.2) is 24.5 Å². The molecule has 0 unspecified atom stereocenters. The van der Waals surface area contributed by atoms with Gasteiger partial charge in [-0.1, -0.05) is 54.6 Å². The molecule has 0 amide bonds. The van der Waals surface area contributed by atoms with E-state index in [1.165, 1.54) is 0 Å². The molecule has 5 heteroatoms. The molecule has 0 bridgehead atoms. The van der Waals surface area contributed by atoms with Crippen LogP contribution in [0.4, 0.5) is 0 Å². The zero-order chi connectivity index (χ0) is 23.2. The van der Waals surface area contributed by atoms with Crippen LogP contribution in [0.1, 0.15) is 0 Å². The van der Waals surface area contributed by atoms with Gasteiger partial charge >= 0.3 is 0 Å². The maximum absolute atomic E-state index is 5.24. The Balaban J connectivity index is 1.55.